The summed E-state index contributed by atoms with van der Waals surface area (Å²) in [6, 6.07) is -0.237. The van der Waals surface area contributed by atoms with Gasteiger partial charge in [0.15, 0.2) is 0 Å². The second-order valence-corrected chi connectivity index (χ2v) is 2.73. The van der Waals surface area contributed by atoms with Crippen LogP contribution >= 0.6 is 0 Å². The first kappa shape index (κ1) is 11.6. The average molecular weight is 175 g/mol. The van der Waals surface area contributed by atoms with Gasteiger partial charge in [-0.2, -0.15) is 0 Å². The van der Waals surface area contributed by atoms with Crippen LogP contribution in [0.1, 0.15) is 13.3 Å². The van der Waals surface area contributed by atoms with E-state index in [-0.39, 0.29) is 18.8 Å². The van der Waals surface area contributed by atoms with Crippen molar-refractivity contribution in [2.75, 3.05) is 19.8 Å². The molecule has 2 N–H and O–H groups in total. The van der Waals surface area contributed by atoms with E-state index >= 15 is 0 Å². The summed E-state index contributed by atoms with van der Waals surface area (Å²) in [6.07, 6.45) is 0.268. The van der Waals surface area contributed by atoms with Crippen LogP contribution < -0.4 is 0 Å². The molecule has 0 aromatic rings. The lowest BCUT2D eigenvalue weighted by Gasteiger charge is -2.09. The van der Waals surface area contributed by atoms with E-state index in [9.17, 15) is 0 Å². The number of aliphatic hydroxyl groups excluding tert-OH is 2. The molecule has 12 heavy (non-hydrogen) atoms. The highest BCUT2D eigenvalue weighted by Gasteiger charge is 2.03. The minimum atomic E-state index is -0.339. The lowest BCUT2D eigenvalue weighted by molar-refractivity contribution is 0.0719. The summed E-state index contributed by atoms with van der Waals surface area (Å²) in [7, 11) is 0. The molecule has 0 bridgehead atoms. The van der Waals surface area contributed by atoms with Gasteiger partial charge in [0.1, 0.15) is 0 Å². The fourth-order valence-corrected chi connectivity index (χ4v) is 0.636. The van der Waals surface area contributed by atoms with Crippen LogP contribution in [0.3, 0.4) is 0 Å². The van der Waals surface area contributed by atoms with E-state index in [1.54, 1.807) is 6.92 Å². The minimum Gasteiger partial charge on any atom is -0.394 e. The molecule has 1 unspecified atom stereocenters. The van der Waals surface area contributed by atoms with E-state index < -0.39 is 0 Å². The van der Waals surface area contributed by atoms with E-state index in [1.165, 1.54) is 0 Å². The SMILES string of the molecule is C=NC(CO)COCC[C@@H](C)O. The van der Waals surface area contributed by atoms with Gasteiger partial charge in [-0.1, -0.05) is 0 Å². The highest BCUT2D eigenvalue weighted by molar-refractivity contribution is 5.24. The number of ether oxygens (including phenoxy) is 1. The maximum Gasteiger partial charge on any atom is 0.0955 e. The molecule has 0 spiro atoms. The molecule has 0 aromatic heterocycles. The van der Waals surface area contributed by atoms with Gasteiger partial charge in [-0.05, 0) is 20.1 Å². The molecular weight excluding hydrogens is 158 g/mol. The number of aliphatic imine (C=N–C) groups is 1. The first-order valence-corrected chi connectivity index (χ1v) is 4.03. The van der Waals surface area contributed by atoms with Crippen molar-refractivity contribution in [2.24, 2.45) is 4.99 Å². The van der Waals surface area contributed by atoms with E-state index in [2.05, 4.69) is 11.7 Å². The van der Waals surface area contributed by atoms with E-state index in [0.29, 0.717) is 19.6 Å². The zero-order chi connectivity index (χ0) is 9.40. The van der Waals surface area contributed by atoms with Crippen LogP contribution in [0.15, 0.2) is 4.99 Å². The molecule has 0 fully saturated rings. The predicted octanol–water partition coefficient (Wildman–Crippen LogP) is -0.165. The van der Waals surface area contributed by atoms with Crippen molar-refractivity contribution in [3.05, 3.63) is 0 Å². The summed E-state index contributed by atoms with van der Waals surface area (Å²) in [6.45, 7) is 5.83. The van der Waals surface area contributed by atoms with Crippen molar-refractivity contribution in [3.8, 4) is 0 Å². The summed E-state index contributed by atoms with van der Waals surface area (Å²) in [4.78, 5) is 3.64. The Balaban J connectivity index is 3.23. The molecule has 0 aromatic carbocycles. The van der Waals surface area contributed by atoms with Gasteiger partial charge in [0, 0.05) is 6.61 Å². The average Bonchev–Trinajstić information content (AvgIpc) is 2.04. The lowest BCUT2D eigenvalue weighted by Crippen LogP contribution is -2.18. The molecule has 4 nitrogen and oxygen atoms in total. The van der Waals surface area contributed by atoms with E-state index in [1.807, 2.05) is 0 Å². The smallest absolute Gasteiger partial charge is 0.0955 e. The number of nitrogens with zero attached hydrogens (tertiary/aromatic N) is 1. The van der Waals surface area contributed by atoms with Gasteiger partial charge in [0.2, 0.25) is 0 Å². The van der Waals surface area contributed by atoms with Crippen LogP contribution in [0.5, 0.6) is 0 Å². The molecule has 72 valence electrons. The number of rotatable bonds is 7. The van der Waals surface area contributed by atoms with Gasteiger partial charge in [0.05, 0.1) is 25.4 Å². The Kier molecular flexibility index (Phi) is 6.94. The van der Waals surface area contributed by atoms with Crippen molar-refractivity contribution in [1.82, 2.24) is 0 Å². The Morgan fingerprint density at radius 3 is 2.67 bits per heavy atom. The topological polar surface area (TPSA) is 62.1 Å². The van der Waals surface area contributed by atoms with Crippen molar-refractivity contribution >= 4 is 6.72 Å². The third kappa shape index (κ3) is 6.27. The van der Waals surface area contributed by atoms with Crippen molar-refractivity contribution in [3.63, 3.8) is 0 Å². The molecule has 0 amide bonds. The van der Waals surface area contributed by atoms with Crippen LogP contribution in [0.25, 0.3) is 0 Å². The Bertz CT molecular complexity index is 117. The Morgan fingerprint density at radius 1 is 1.58 bits per heavy atom. The van der Waals surface area contributed by atoms with Gasteiger partial charge >= 0.3 is 0 Å². The van der Waals surface area contributed by atoms with Crippen LogP contribution in [0, 0.1) is 0 Å². The summed E-state index contributed by atoms with van der Waals surface area (Å²) >= 11 is 0. The maximum absolute atomic E-state index is 8.87. The standard InChI is InChI=1S/C8H17NO3/c1-7(11)3-4-12-6-8(5-10)9-2/h7-8,10-11H,2-6H2,1H3/t7-,8?/m1/s1. The van der Waals surface area contributed by atoms with Gasteiger partial charge in [-0.25, -0.2) is 0 Å². The molecule has 4 heteroatoms. The summed E-state index contributed by atoms with van der Waals surface area (Å²) < 4.78 is 5.13. The van der Waals surface area contributed by atoms with Gasteiger partial charge < -0.3 is 14.9 Å². The highest BCUT2D eigenvalue weighted by Crippen LogP contribution is 1.94. The molecule has 0 saturated heterocycles. The molecule has 0 aliphatic rings. The van der Waals surface area contributed by atoms with Crippen molar-refractivity contribution in [1.29, 1.82) is 0 Å². The molecule has 0 heterocycles. The van der Waals surface area contributed by atoms with E-state index in [4.69, 9.17) is 14.9 Å². The van der Waals surface area contributed by atoms with Crippen molar-refractivity contribution < 1.29 is 14.9 Å². The molecule has 2 atom stereocenters. The molecule has 0 rings (SSSR count). The largest absolute Gasteiger partial charge is 0.394 e. The Labute approximate surface area is 72.9 Å². The summed E-state index contributed by atoms with van der Waals surface area (Å²) in [5.74, 6) is 0. The minimum absolute atomic E-state index is 0.0435. The third-order valence-corrected chi connectivity index (χ3v) is 1.46. The summed E-state index contributed by atoms with van der Waals surface area (Å²) in [5.41, 5.74) is 0. The summed E-state index contributed by atoms with van der Waals surface area (Å²) in [5, 5.41) is 17.5. The maximum atomic E-state index is 8.87. The second kappa shape index (κ2) is 7.21. The fourth-order valence-electron chi connectivity index (χ4n) is 0.636. The molecular formula is C8H17NO3. The zero-order valence-electron chi connectivity index (χ0n) is 7.44. The first-order chi connectivity index (χ1) is 5.70. The monoisotopic (exact) mass is 175 g/mol. The van der Waals surface area contributed by atoms with Gasteiger partial charge in [-0.15, -0.1) is 0 Å². The van der Waals surface area contributed by atoms with E-state index in [0.717, 1.165) is 0 Å². The molecule has 0 aliphatic heterocycles. The predicted molar refractivity (Wildman–Crippen MR) is 47.5 cm³/mol. The Hall–Kier alpha value is -0.450. The Morgan fingerprint density at radius 2 is 2.25 bits per heavy atom. The van der Waals surface area contributed by atoms with Gasteiger partial charge in [-0.3, -0.25) is 4.99 Å². The van der Waals surface area contributed by atoms with Gasteiger partial charge in [0.25, 0.3) is 0 Å². The molecule has 0 saturated carbocycles. The molecule has 0 aliphatic carbocycles. The fraction of sp³-hybridized carbons (Fsp3) is 0.875. The van der Waals surface area contributed by atoms with Crippen LogP contribution in [-0.4, -0.2) is 48.9 Å². The van der Waals surface area contributed by atoms with Crippen LogP contribution in [0.4, 0.5) is 0 Å². The number of aliphatic hydroxyl groups is 2. The molecule has 0 radical (unpaired) electrons. The highest BCUT2D eigenvalue weighted by atomic mass is 16.5. The van der Waals surface area contributed by atoms with Crippen molar-refractivity contribution in [2.45, 2.75) is 25.5 Å². The second-order valence-electron chi connectivity index (χ2n) is 2.73. The first-order valence-electron chi connectivity index (χ1n) is 4.03. The zero-order valence-corrected chi connectivity index (χ0v) is 7.44. The quantitative estimate of drug-likeness (QED) is 0.417. The van der Waals surface area contributed by atoms with Crippen LogP contribution in [0.2, 0.25) is 0 Å². The normalized spacial score (nSPS) is 15.6. The number of hydrogen-bond acceptors (Lipinski definition) is 4. The van der Waals surface area contributed by atoms with Crippen LogP contribution in [-0.2, 0) is 4.74 Å². The third-order valence-electron chi connectivity index (χ3n) is 1.46. The number of hydrogen-bond donors (Lipinski definition) is 2. The lowest BCUT2D eigenvalue weighted by atomic mass is 10.3.